The van der Waals surface area contributed by atoms with Crippen molar-refractivity contribution in [3.05, 3.63) is 0 Å². The van der Waals surface area contributed by atoms with Gasteiger partial charge in [0.05, 0.1) is 6.30 Å². The van der Waals surface area contributed by atoms with Crippen LogP contribution in [0, 0.1) is 0 Å². The van der Waals surface area contributed by atoms with Crippen LogP contribution in [0.4, 0.5) is 17.6 Å². The Morgan fingerprint density at radius 3 is 1.71 bits per heavy atom. The summed E-state index contributed by atoms with van der Waals surface area (Å²) in [6, 6.07) is 0. The second-order valence-corrected chi connectivity index (χ2v) is 2.73. The Morgan fingerprint density at radius 1 is 1.29 bits per heavy atom. The maximum Gasteiger partial charge on any atom is 0.357 e. The SMILES string of the molecule is FC[SiH2]C(F)(F)F. The van der Waals surface area contributed by atoms with Gasteiger partial charge in [-0.15, -0.1) is 0 Å². The molecule has 0 atom stereocenters. The Kier molecular flexibility index (Phi) is 2.28. The highest BCUT2D eigenvalue weighted by Gasteiger charge is 2.26. The third kappa shape index (κ3) is 5.94. The molecular weight excluding hydrogens is 128 g/mol. The Balaban J connectivity index is 3.15. The first-order valence-electron chi connectivity index (χ1n) is 1.69. The molecule has 0 nitrogen and oxygen atoms in total. The Labute approximate surface area is 40.3 Å². The molecule has 0 aromatic carbocycles. The van der Waals surface area contributed by atoms with Crippen molar-refractivity contribution in [2.75, 3.05) is 6.30 Å². The van der Waals surface area contributed by atoms with Crippen molar-refractivity contribution in [1.82, 2.24) is 0 Å². The smallest absolute Gasteiger partial charge is 0.255 e. The third-order valence-corrected chi connectivity index (χ3v) is 1.13. The largest absolute Gasteiger partial charge is 0.357 e. The molecule has 0 amide bonds. The summed E-state index contributed by atoms with van der Waals surface area (Å²) in [6.45, 7) is 0. The number of alkyl halides is 4. The molecule has 0 aliphatic rings. The second kappa shape index (κ2) is 2.30. The molecule has 0 saturated heterocycles. The van der Waals surface area contributed by atoms with Gasteiger partial charge >= 0.3 is 5.80 Å². The highest BCUT2D eigenvalue weighted by Crippen LogP contribution is 2.11. The van der Waals surface area contributed by atoms with Crippen LogP contribution in [-0.2, 0) is 0 Å². The van der Waals surface area contributed by atoms with Crippen molar-refractivity contribution in [3.8, 4) is 0 Å². The third-order valence-electron chi connectivity index (χ3n) is 0.378. The van der Waals surface area contributed by atoms with E-state index in [2.05, 4.69) is 0 Å². The van der Waals surface area contributed by atoms with Gasteiger partial charge in [-0.25, -0.2) is 0 Å². The lowest BCUT2D eigenvalue weighted by Gasteiger charge is -1.98. The van der Waals surface area contributed by atoms with E-state index in [1.807, 2.05) is 0 Å². The Bertz CT molecular complexity index is 48.1. The van der Waals surface area contributed by atoms with E-state index >= 15 is 0 Å². The van der Waals surface area contributed by atoms with Gasteiger partial charge in [0.2, 0.25) is 0 Å². The van der Waals surface area contributed by atoms with Crippen LogP contribution in [0.2, 0.25) is 0 Å². The lowest BCUT2D eigenvalue weighted by atomic mass is 11.5. The van der Waals surface area contributed by atoms with E-state index in [4.69, 9.17) is 0 Å². The zero-order valence-corrected chi connectivity index (χ0v) is 4.84. The van der Waals surface area contributed by atoms with Gasteiger partial charge in [0, 0.05) is 0 Å². The van der Waals surface area contributed by atoms with Crippen molar-refractivity contribution in [2.24, 2.45) is 0 Å². The molecule has 0 aliphatic heterocycles. The van der Waals surface area contributed by atoms with E-state index in [9.17, 15) is 17.6 Å². The van der Waals surface area contributed by atoms with Gasteiger partial charge in [-0.3, -0.25) is 4.39 Å². The average molecular weight is 132 g/mol. The minimum atomic E-state index is -4.19. The fourth-order valence-electron chi connectivity index (χ4n) is 0.107. The standard InChI is InChI=1S/C2H4F4Si/c3-1-7-2(4,5)6/h1,7H2. The van der Waals surface area contributed by atoms with E-state index in [0.29, 0.717) is 0 Å². The fraction of sp³-hybridized carbons (Fsp3) is 1.00. The minimum Gasteiger partial charge on any atom is -0.255 e. The molecule has 7 heavy (non-hydrogen) atoms. The molecule has 0 aromatic rings. The van der Waals surface area contributed by atoms with Gasteiger partial charge in [0.25, 0.3) is 0 Å². The summed E-state index contributed by atoms with van der Waals surface area (Å²) in [5.74, 6) is -4.19. The molecule has 0 unspecified atom stereocenters. The maximum absolute atomic E-state index is 10.9. The van der Waals surface area contributed by atoms with Gasteiger partial charge in [0.1, 0.15) is 0 Å². The predicted octanol–water partition coefficient (Wildman–Crippen LogP) is 0.602. The van der Waals surface area contributed by atoms with E-state index in [-0.39, 0.29) is 0 Å². The summed E-state index contributed by atoms with van der Waals surface area (Å²) in [7, 11) is -2.41. The molecule has 0 saturated carbocycles. The van der Waals surface area contributed by atoms with Crippen LogP contribution >= 0.6 is 0 Å². The summed E-state index contributed by atoms with van der Waals surface area (Å²) < 4.78 is 43.5. The molecule has 0 heterocycles. The molecule has 0 spiro atoms. The van der Waals surface area contributed by atoms with Gasteiger partial charge in [-0.05, 0) is 0 Å². The van der Waals surface area contributed by atoms with Crippen molar-refractivity contribution in [1.29, 1.82) is 0 Å². The highest BCUT2D eigenvalue weighted by atomic mass is 28.2. The molecule has 0 rings (SSSR count). The monoisotopic (exact) mass is 132 g/mol. The molecule has 0 aliphatic carbocycles. The second-order valence-electron chi connectivity index (χ2n) is 1.05. The van der Waals surface area contributed by atoms with Crippen LogP contribution in [0.15, 0.2) is 0 Å². The van der Waals surface area contributed by atoms with E-state index in [1.54, 1.807) is 0 Å². The van der Waals surface area contributed by atoms with Crippen molar-refractivity contribution in [3.63, 3.8) is 0 Å². The molecule has 0 radical (unpaired) electrons. The fourth-order valence-corrected chi connectivity index (χ4v) is 0.321. The number of rotatable bonds is 1. The number of hydrogen-bond acceptors (Lipinski definition) is 0. The lowest BCUT2D eigenvalue weighted by Crippen LogP contribution is -2.19. The molecule has 0 fully saturated rings. The average Bonchev–Trinajstić information content (AvgIpc) is 1.30. The van der Waals surface area contributed by atoms with E-state index < -0.39 is 21.6 Å². The van der Waals surface area contributed by atoms with Gasteiger partial charge in [-0.1, -0.05) is 0 Å². The van der Waals surface area contributed by atoms with Crippen LogP contribution in [0.1, 0.15) is 0 Å². The summed E-state index contributed by atoms with van der Waals surface area (Å²) in [6.07, 6.45) is -1.18. The van der Waals surface area contributed by atoms with Crippen molar-refractivity contribution in [2.45, 2.75) is 5.80 Å². The molecule has 0 aromatic heterocycles. The summed E-state index contributed by atoms with van der Waals surface area (Å²) in [5, 5.41) is 0. The molecule has 0 N–H and O–H groups in total. The first kappa shape index (κ1) is 6.94. The molecule has 0 bridgehead atoms. The lowest BCUT2D eigenvalue weighted by molar-refractivity contribution is -0.0480. The van der Waals surface area contributed by atoms with Gasteiger partial charge < -0.3 is 0 Å². The van der Waals surface area contributed by atoms with Crippen LogP contribution in [0.3, 0.4) is 0 Å². The number of hydrogen-bond donors (Lipinski definition) is 0. The Morgan fingerprint density at radius 2 is 1.71 bits per heavy atom. The molecule has 44 valence electrons. The van der Waals surface area contributed by atoms with E-state index in [1.165, 1.54) is 0 Å². The topological polar surface area (TPSA) is 0 Å². The van der Waals surface area contributed by atoms with Gasteiger partial charge in [-0.2, -0.15) is 13.2 Å². The van der Waals surface area contributed by atoms with Crippen LogP contribution in [-0.4, -0.2) is 21.6 Å². The molecular formula is C2H4F4Si. The first-order valence-corrected chi connectivity index (χ1v) is 3.39. The maximum atomic E-state index is 10.9. The first-order chi connectivity index (χ1) is 3.06. The zero-order valence-electron chi connectivity index (χ0n) is 3.43. The highest BCUT2D eigenvalue weighted by molar-refractivity contribution is 6.37. The molecule has 5 heteroatoms. The van der Waals surface area contributed by atoms with Crippen molar-refractivity contribution >= 4 is 9.52 Å². The zero-order chi connectivity index (χ0) is 5.91. The number of halogens is 4. The summed E-state index contributed by atoms with van der Waals surface area (Å²) >= 11 is 0. The van der Waals surface area contributed by atoms with Crippen LogP contribution in [0.5, 0.6) is 0 Å². The van der Waals surface area contributed by atoms with Gasteiger partial charge in [0.15, 0.2) is 9.52 Å². The van der Waals surface area contributed by atoms with Crippen LogP contribution < -0.4 is 0 Å². The Hall–Kier alpha value is -0.0631. The normalized spacial score (nSPS) is 13.7. The minimum absolute atomic E-state index is 1.18. The van der Waals surface area contributed by atoms with E-state index in [0.717, 1.165) is 0 Å². The summed E-state index contributed by atoms with van der Waals surface area (Å²) in [4.78, 5) is 0. The predicted molar refractivity (Wildman–Crippen MR) is 20.6 cm³/mol. The van der Waals surface area contributed by atoms with Crippen molar-refractivity contribution < 1.29 is 17.6 Å². The van der Waals surface area contributed by atoms with Crippen LogP contribution in [0.25, 0.3) is 0 Å². The quantitative estimate of drug-likeness (QED) is 0.362. The summed E-state index contributed by atoms with van der Waals surface area (Å²) in [5.41, 5.74) is 0.